The summed E-state index contributed by atoms with van der Waals surface area (Å²) < 4.78 is 7.11. The first kappa shape index (κ1) is 16.6. The van der Waals surface area contributed by atoms with Gasteiger partial charge in [-0.2, -0.15) is 5.10 Å². The van der Waals surface area contributed by atoms with Crippen molar-refractivity contribution in [1.29, 1.82) is 0 Å². The Morgan fingerprint density at radius 2 is 2.25 bits per heavy atom. The predicted molar refractivity (Wildman–Crippen MR) is 92.8 cm³/mol. The zero-order valence-corrected chi connectivity index (χ0v) is 14.4. The summed E-state index contributed by atoms with van der Waals surface area (Å²) in [4.78, 5) is 14.8. The van der Waals surface area contributed by atoms with E-state index in [1.165, 1.54) is 5.56 Å². The second-order valence-electron chi connectivity index (χ2n) is 6.40. The number of likely N-dealkylation sites (tertiary alicyclic amines) is 1. The van der Waals surface area contributed by atoms with Crippen LogP contribution in [0.4, 0.5) is 0 Å². The fourth-order valence-corrected chi connectivity index (χ4v) is 3.42. The van der Waals surface area contributed by atoms with Crippen LogP contribution in [0.15, 0.2) is 36.7 Å². The number of carbonyl (C=O) groups excluding carboxylic acids is 1. The summed E-state index contributed by atoms with van der Waals surface area (Å²) >= 11 is 0. The lowest BCUT2D eigenvalue weighted by Gasteiger charge is -2.36. The summed E-state index contributed by atoms with van der Waals surface area (Å²) in [6, 6.07) is 8.26. The van der Waals surface area contributed by atoms with Crippen molar-refractivity contribution in [2.45, 2.75) is 38.1 Å². The average molecular weight is 327 g/mol. The van der Waals surface area contributed by atoms with Gasteiger partial charge in [0, 0.05) is 26.2 Å². The van der Waals surface area contributed by atoms with Gasteiger partial charge >= 0.3 is 0 Å². The molecular formula is C19H25N3O2. The second-order valence-corrected chi connectivity index (χ2v) is 6.40. The molecule has 24 heavy (non-hydrogen) atoms. The van der Waals surface area contributed by atoms with Crippen molar-refractivity contribution in [3.05, 3.63) is 47.8 Å². The van der Waals surface area contributed by atoms with E-state index in [2.05, 4.69) is 22.1 Å². The van der Waals surface area contributed by atoms with Crippen molar-refractivity contribution in [1.82, 2.24) is 14.7 Å². The summed E-state index contributed by atoms with van der Waals surface area (Å²) in [6.07, 6.45) is 8.35. The highest BCUT2D eigenvalue weighted by atomic mass is 16.5. The lowest BCUT2D eigenvalue weighted by Crippen LogP contribution is -2.38. The van der Waals surface area contributed by atoms with Crippen LogP contribution in [0.3, 0.4) is 0 Å². The highest BCUT2D eigenvalue weighted by Crippen LogP contribution is 2.33. The van der Waals surface area contributed by atoms with Gasteiger partial charge in [-0.05, 0) is 48.9 Å². The molecule has 3 rings (SSSR count). The molecule has 2 aromatic rings. The Morgan fingerprint density at radius 1 is 1.38 bits per heavy atom. The number of ether oxygens (including phenoxy) is 1. The lowest BCUT2D eigenvalue weighted by molar-refractivity contribution is -0.135. The van der Waals surface area contributed by atoms with Crippen molar-refractivity contribution in [2.75, 3.05) is 13.7 Å². The average Bonchev–Trinajstić information content (AvgIpc) is 3.05. The summed E-state index contributed by atoms with van der Waals surface area (Å²) in [5.74, 6) is 1.08. The van der Waals surface area contributed by atoms with Gasteiger partial charge in [0.1, 0.15) is 5.75 Å². The number of rotatable bonds is 5. The SMILES string of the molecule is COc1cccc([C@H]2CCCCN2C(=O)CCc2cnn(C)c2)c1. The number of aryl methyl sites for hydroxylation is 2. The second kappa shape index (κ2) is 7.51. The summed E-state index contributed by atoms with van der Waals surface area (Å²) in [7, 11) is 3.57. The van der Waals surface area contributed by atoms with Crippen LogP contribution >= 0.6 is 0 Å². The van der Waals surface area contributed by atoms with Crippen LogP contribution in [0.2, 0.25) is 0 Å². The molecule has 0 spiro atoms. The van der Waals surface area contributed by atoms with Crippen LogP contribution in [0, 0.1) is 0 Å². The highest BCUT2D eigenvalue weighted by molar-refractivity contribution is 5.77. The molecule has 0 radical (unpaired) electrons. The Hall–Kier alpha value is -2.30. The molecule has 1 amide bonds. The van der Waals surface area contributed by atoms with E-state index in [-0.39, 0.29) is 11.9 Å². The van der Waals surface area contributed by atoms with Gasteiger partial charge in [0.05, 0.1) is 19.3 Å². The van der Waals surface area contributed by atoms with E-state index in [1.807, 2.05) is 31.6 Å². The van der Waals surface area contributed by atoms with E-state index in [4.69, 9.17) is 4.74 Å². The van der Waals surface area contributed by atoms with Crippen molar-refractivity contribution >= 4 is 5.91 Å². The van der Waals surface area contributed by atoms with Crippen LogP contribution in [-0.2, 0) is 18.3 Å². The van der Waals surface area contributed by atoms with E-state index in [9.17, 15) is 4.79 Å². The highest BCUT2D eigenvalue weighted by Gasteiger charge is 2.27. The third kappa shape index (κ3) is 3.78. The first-order chi connectivity index (χ1) is 11.7. The van der Waals surface area contributed by atoms with Crippen molar-refractivity contribution in [2.24, 2.45) is 7.05 Å². The van der Waals surface area contributed by atoms with Crippen LogP contribution in [0.1, 0.15) is 42.9 Å². The third-order valence-electron chi connectivity index (χ3n) is 4.69. The number of nitrogens with zero attached hydrogens (tertiary/aromatic N) is 3. The Kier molecular flexibility index (Phi) is 5.18. The molecule has 5 nitrogen and oxygen atoms in total. The van der Waals surface area contributed by atoms with E-state index in [1.54, 1.807) is 11.8 Å². The number of methoxy groups -OCH3 is 1. The maximum atomic E-state index is 12.8. The minimum atomic E-state index is 0.162. The molecule has 0 saturated carbocycles. The molecule has 5 heteroatoms. The fourth-order valence-electron chi connectivity index (χ4n) is 3.42. The standard InChI is InChI=1S/C19H25N3O2/c1-21-14-15(13-20-21)9-10-19(23)22-11-4-3-8-18(22)16-6-5-7-17(12-16)24-2/h5-7,12-14,18H,3-4,8-11H2,1-2H3/t18-/m1/s1. The quantitative estimate of drug-likeness (QED) is 0.848. The van der Waals surface area contributed by atoms with Gasteiger partial charge in [-0.3, -0.25) is 9.48 Å². The molecule has 0 N–H and O–H groups in total. The Bertz CT molecular complexity index is 695. The number of hydrogen-bond donors (Lipinski definition) is 0. The van der Waals surface area contributed by atoms with Gasteiger partial charge in [-0.25, -0.2) is 0 Å². The molecule has 1 aromatic heterocycles. The van der Waals surface area contributed by atoms with Crippen LogP contribution in [0.25, 0.3) is 0 Å². The van der Waals surface area contributed by atoms with Gasteiger partial charge in [-0.1, -0.05) is 12.1 Å². The van der Waals surface area contributed by atoms with Gasteiger partial charge < -0.3 is 9.64 Å². The predicted octanol–water partition coefficient (Wildman–Crippen LogP) is 3.12. The first-order valence-electron chi connectivity index (χ1n) is 8.58. The fraction of sp³-hybridized carbons (Fsp3) is 0.474. The van der Waals surface area contributed by atoms with E-state index < -0.39 is 0 Å². The number of amides is 1. The number of aromatic nitrogens is 2. The van der Waals surface area contributed by atoms with E-state index in [0.717, 1.165) is 43.5 Å². The van der Waals surface area contributed by atoms with Crippen molar-refractivity contribution < 1.29 is 9.53 Å². The molecule has 1 saturated heterocycles. The number of carbonyl (C=O) groups is 1. The molecule has 1 fully saturated rings. The topological polar surface area (TPSA) is 47.4 Å². The number of benzene rings is 1. The zero-order valence-electron chi connectivity index (χ0n) is 14.4. The summed E-state index contributed by atoms with van der Waals surface area (Å²) in [6.45, 7) is 0.841. The van der Waals surface area contributed by atoms with Crippen molar-refractivity contribution in [3.63, 3.8) is 0 Å². The molecule has 0 unspecified atom stereocenters. The molecule has 0 bridgehead atoms. The van der Waals surface area contributed by atoms with E-state index in [0.29, 0.717) is 6.42 Å². The molecule has 128 valence electrons. The Labute approximate surface area is 143 Å². The third-order valence-corrected chi connectivity index (χ3v) is 4.69. The maximum absolute atomic E-state index is 12.8. The molecular weight excluding hydrogens is 302 g/mol. The van der Waals surface area contributed by atoms with Gasteiger partial charge in [0.2, 0.25) is 5.91 Å². The summed E-state index contributed by atoms with van der Waals surface area (Å²) in [5.41, 5.74) is 2.28. The molecule has 2 heterocycles. The largest absolute Gasteiger partial charge is 0.497 e. The minimum Gasteiger partial charge on any atom is -0.497 e. The van der Waals surface area contributed by atoms with Gasteiger partial charge in [0.15, 0.2) is 0 Å². The number of hydrogen-bond acceptors (Lipinski definition) is 3. The zero-order chi connectivity index (χ0) is 16.9. The molecule has 0 aliphatic carbocycles. The molecule has 1 aromatic carbocycles. The minimum absolute atomic E-state index is 0.162. The Balaban J connectivity index is 1.70. The maximum Gasteiger partial charge on any atom is 0.223 e. The van der Waals surface area contributed by atoms with Gasteiger partial charge in [-0.15, -0.1) is 0 Å². The van der Waals surface area contributed by atoms with Crippen molar-refractivity contribution in [3.8, 4) is 5.75 Å². The smallest absolute Gasteiger partial charge is 0.223 e. The normalized spacial score (nSPS) is 17.8. The van der Waals surface area contributed by atoms with Gasteiger partial charge in [0.25, 0.3) is 0 Å². The Morgan fingerprint density at radius 3 is 3.00 bits per heavy atom. The lowest BCUT2D eigenvalue weighted by atomic mass is 9.94. The van der Waals surface area contributed by atoms with Crippen LogP contribution in [-0.4, -0.2) is 34.2 Å². The molecule has 1 aliphatic heterocycles. The number of piperidine rings is 1. The van der Waals surface area contributed by atoms with Crippen LogP contribution in [0.5, 0.6) is 5.75 Å². The summed E-state index contributed by atoms with van der Waals surface area (Å²) in [5, 5.41) is 4.17. The van der Waals surface area contributed by atoms with E-state index >= 15 is 0 Å². The molecule has 1 atom stereocenters. The first-order valence-corrected chi connectivity index (χ1v) is 8.58. The van der Waals surface area contributed by atoms with Crippen LogP contribution < -0.4 is 4.74 Å². The monoisotopic (exact) mass is 327 g/mol. The molecule has 1 aliphatic rings.